The molecule has 1 aliphatic heterocycles. The average Bonchev–Trinajstić information content (AvgIpc) is 2.69. The van der Waals surface area contributed by atoms with E-state index < -0.39 is 4.92 Å². The quantitative estimate of drug-likeness (QED) is 0.503. The van der Waals surface area contributed by atoms with Gasteiger partial charge in [-0.1, -0.05) is 0 Å². The minimum Gasteiger partial charge on any atom is -0.368 e. The number of rotatable bonds is 4. The van der Waals surface area contributed by atoms with E-state index in [1.807, 2.05) is 30.5 Å². The van der Waals surface area contributed by atoms with Gasteiger partial charge in [0.1, 0.15) is 0 Å². The molecule has 0 radical (unpaired) electrons. The molecule has 3 rings (SSSR count). The first-order chi connectivity index (χ1) is 12.6. The van der Waals surface area contributed by atoms with Crippen LogP contribution in [0.3, 0.4) is 0 Å². The van der Waals surface area contributed by atoms with E-state index in [1.165, 1.54) is 12.1 Å². The van der Waals surface area contributed by atoms with Crippen molar-refractivity contribution in [1.29, 1.82) is 0 Å². The first-order valence-electron chi connectivity index (χ1n) is 8.26. The SMILES string of the molecule is CSc1ccc(NC(=O)N2CCN(c3ccc([N+](=O)[O-])cc3)CC2)cc1. The molecule has 0 atom stereocenters. The maximum Gasteiger partial charge on any atom is 0.321 e. The van der Waals surface area contributed by atoms with E-state index in [1.54, 1.807) is 28.8 Å². The van der Waals surface area contributed by atoms with Crippen LogP contribution in [0.2, 0.25) is 0 Å². The van der Waals surface area contributed by atoms with Crippen molar-refractivity contribution in [2.45, 2.75) is 4.90 Å². The topological polar surface area (TPSA) is 78.7 Å². The van der Waals surface area contributed by atoms with E-state index in [9.17, 15) is 14.9 Å². The third kappa shape index (κ3) is 4.26. The molecule has 1 aliphatic rings. The Kier molecular flexibility index (Phi) is 5.62. The fourth-order valence-corrected chi connectivity index (χ4v) is 3.24. The fraction of sp³-hybridized carbons (Fsp3) is 0.278. The summed E-state index contributed by atoms with van der Waals surface area (Å²) < 4.78 is 0. The number of nitro groups is 1. The van der Waals surface area contributed by atoms with Gasteiger partial charge in [-0.2, -0.15) is 0 Å². The minimum absolute atomic E-state index is 0.0826. The number of benzene rings is 2. The van der Waals surface area contributed by atoms with Crippen molar-refractivity contribution in [1.82, 2.24) is 4.90 Å². The normalized spacial score (nSPS) is 14.2. The van der Waals surface area contributed by atoms with Crippen molar-refractivity contribution in [2.75, 3.05) is 42.7 Å². The third-order valence-corrected chi connectivity index (χ3v) is 5.08. The molecule has 1 heterocycles. The van der Waals surface area contributed by atoms with Gasteiger partial charge in [-0.15, -0.1) is 11.8 Å². The van der Waals surface area contributed by atoms with Crippen LogP contribution in [0.25, 0.3) is 0 Å². The summed E-state index contributed by atoms with van der Waals surface area (Å²) in [7, 11) is 0. The standard InChI is InChI=1S/C18H20N4O3S/c1-26-17-8-2-14(3-9-17)19-18(23)21-12-10-20(11-13-21)15-4-6-16(7-5-15)22(24)25/h2-9H,10-13H2,1H3,(H,19,23). The maximum atomic E-state index is 12.4. The van der Waals surface area contributed by atoms with E-state index in [4.69, 9.17) is 0 Å². The summed E-state index contributed by atoms with van der Waals surface area (Å²) >= 11 is 1.66. The van der Waals surface area contributed by atoms with Gasteiger partial charge in [0.05, 0.1) is 4.92 Å². The molecule has 0 aliphatic carbocycles. The van der Waals surface area contributed by atoms with Crippen LogP contribution in [0, 0.1) is 10.1 Å². The molecular weight excluding hydrogens is 352 g/mol. The summed E-state index contributed by atoms with van der Waals surface area (Å²) in [6, 6.07) is 14.2. The zero-order chi connectivity index (χ0) is 18.5. The van der Waals surface area contributed by atoms with Crippen LogP contribution >= 0.6 is 11.8 Å². The molecule has 0 saturated carbocycles. The largest absolute Gasteiger partial charge is 0.368 e. The number of amides is 2. The molecule has 0 bridgehead atoms. The molecule has 1 saturated heterocycles. The summed E-state index contributed by atoms with van der Waals surface area (Å²) in [5, 5.41) is 13.7. The molecule has 0 aromatic heterocycles. The Morgan fingerprint density at radius 3 is 2.19 bits per heavy atom. The number of carbonyl (C=O) groups excluding carboxylic acids is 1. The van der Waals surface area contributed by atoms with Crippen LogP contribution < -0.4 is 10.2 Å². The average molecular weight is 372 g/mol. The van der Waals surface area contributed by atoms with Crippen LogP contribution in [-0.2, 0) is 0 Å². The Bertz CT molecular complexity index is 772. The molecule has 2 aromatic rings. The molecule has 0 unspecified atom stereocenters. The predicted molar refractivity (Wildman–Crippen MR) is 104 cm³/mol. The molecule has 136 valence electrons. The molecule has 8 heteroatoms. The van der Waals surface area contributed by atoms with Gasteiger partial charge in [0.2, 0.25) is 0 Å². The lowest BCUT2D eigenvalue weighted by atomic mass is 10.2. The molecule has 0 spiro atoms. The van der Waals surface area contributed by atoms with Crippen molar-refractivity contribution >= 4 is 34.9 Å². The zero-order valence-corrected chi connectivity index (χ0v) is 15.2. The molecule has 2 aromatic carbocycles. The van der Waals surface area contributed by atoms with Crippen LogP contribution in [-0.4, -0.2) is 48.3 Å². The number of carbonyl (C=O) groups is 1. The second-order valence-corrected chi connectivity index (χ2v) is 6.79. The van der Waals surface area contributed by atoms with E-state index >= 15 is 0 Å². The Morgan fingerprint density at radius 2 is 1.65 bits per heavy atom. The Hall–Kier alpha value is -2.74. The lowest BCUT2D eigenvalue weighted by Gasteiger charge is -2.36. The smallest absolute Gasteiger partial charge is 0.321 e. The van der Waals surface area contributed by atoms with Crippen molar-refractivity contribution in [2.24, 2.45) is 0 Å². The van der Waals surface area contributed by atoms with Crippen LogP contribution in [0.1, 0.15) is 0 Å². The van der Waals surface area contributed by atoms with Crippen LogP contribution in [0.5, 0.6) is 0 Å². The zero-order valence-electron chi connectivity index (χ0n) is 14.4. The molecule has 1 fully saturated rings. The number of non-ortho nitro benzene ring substituents is 1. The van der Waals surface area contributed by atoms with Crippen molar-refractivity contribution in [3.05, 3.63) is 58.6 Å². The lowest BCUT2D eigenvalue weighted by molar-refractivity contribution is -0.384. The number of urea groups is 1. The van der Waals surface area contributed by atoms with E-state index in [0.29, 0.717) is 26.2 Å². The monoisotopic (exact) mass is 372 g/mol. The number of anilines is 2. The van der Waals surface area contributed by atoms with Crippen LogP contribution in [0.15, 0.2) is 53.4 Å². The van der Waals surface area contributed by atoms with E-state index in [2.05, 4.69) is 10.2 Å². The summed E-state index contributed by atoms with van der Waals surface area (Å²) in [5.41, 5.74) is 1.80. The molecule has 26 heavy (non-hydrogen) atoms. The predicted octanol–water partition coefficient (Wildman–Crippen LogP) is 3.67. The van der Waals surface area contributed by atoms with Gasteiger partial charge in [-0.3, -0.25) is 10.1 Å². The molecular formula is C18H20N4O3S. The number of piperazine rings is 1. The van der Waals surface area contributed by atoms with E-state index in [0.717, 1.165) is 16.3 Å². The number of nitro benzene ring substituents is 1. The van der Waals surface area contributed by atoms with Gasteiger partial charge in [-0.25, -0.2) is 4.79 Å². The molecule has 2 amide bonds. The third-order valence-electron chi connectivity index (χ3n) is 4.33. The highest BCUT2D eigenvalue weighted by molar-refractivity contribution is 7.98. The Balaban J connectivity index is 1.53. The van der Waals surface area contributed by atoms with Gasteiger partial charge >= 0.3 is 6.03 Å². The first kappa shape index (κ1) is 18.1. The second kappa shape index (κ2) is 8.09. The Morgan fingerprint density at radius 1 is 1.04 bits per heavy atom. The van der Waals surface area contributed by atoms with Gasteiger partial charge in [0, 0.05) is 54.6 Å². The maximum absolute atomic E-state index is 12.4. The Labute approximate surface area is 156 Å². The van der Waals surface area contributed by atoms with Crippen LogP contribution in [0.4, 0.5) is 21.9 Å². The lowest BCUT2D eigenvalue weighted by Crippen LogP contribution is -2.50. The number of hydrogen-bond donors (Lipinski definition) is 1. The molecule has 7 nitrogen and oxygen atoms in total. The van der Waals surface area contributed by atoms with Gasteiger partial charge in [0.25, 0.3) is 5.69 Å². The van der Waals surface area contributed by atoms with Crippen molar-refractivity contribution < 1.29 is 9.72 Å². The fourth-order valence-electron chi connectivity index (χ4n) is 2.83. The first-order valence-corrected chi connectivity index (χ1v) is 9.48. The number of thioether (sulfide) groups is 1. The van der Waals surface area contributed by atoms with Gasteiger partial charge in [0.15, 0.2) is 0 Å². The van der Waals surface area contributed by atoms with Gasteiger partial charge < -0.3 is 15.1 Å². The highest BCUT2D eigenvalue weighted by atomic mass is 32.2. The molecule has 1 N–H and O–H groups in total. The highest BCUT2D eigenvalue weighted by Gasteiger charge is 2.21. The summed E-state index contributed by atoms with van der Waals surface area (Å²) in [6.07, 6.45) is 2.01. The second-order valence-electron chi connectivity index (χ2n) is 5.91. The summed E-state index contributed by atoms with van der Waals surface area (Å²) in [4.78, 5) is 27.8. The number of hydrogen-bond acceptors (Lipinski definition) is 5. The van der Waals surface area contributed by atoms with E-state index in [-0.39, 0.29) is 11.7 Å². The minimum atomic E-state index is -0.405. The van der Waals surface area contributed by atoms with Gasteiger partial charge in [-0.05, 0) is 42.7 Å². The summed E-state index contributed by atoms with van der Waals surface area (Å²) in [6.45, 7) is 2.59. The number of nitrogens with one attached hydrogen (secondary N) is 1. The van der Waals surface area contributed by atoms with Crippen molar-refractivity contribution in [3.63, 3.8) is 0 Å². The number of nitrogens with zero attached hydrogens (tertiary/aromatic N) is 3. The summed E-state index contributed by atoms with van der Waals surface area (Å²) in [5.74, 6) is 0. The highest BCUT2D eigenvalue weighted by Crippen LogP contribution is 2.21. The van der Waals surface area contributed by atoms with Crippen molar-refractivity contribution in [3.8, 4) is 0 Å².